The Morgan fingerprint density at radius 2 is 1.92 bits per heavy atom. The zero-order valence-electron chi connectivity index (χ0n) is 12.5. The highest BCUT2D eigenvalue weighted by Gasteiger charge is 2.15. The van der Waals surface area contributed by atoms with E-state index in [9.17, 15) is 9.59 Å². The van der Waals surface area contributed by atoms with Crippen molar-refractivity contribution in [2.75, 3.05) is 0 Å². The van der Waals surface area contributed by atoms with Gasteiger partial charge in [0.25, 0.3) is 11.8 Å². The summed E-state index contributed by atoms with van der Waals surface area (Å²) in [4.78, 5) is 26.1. The normalized spacial score (nSPS) is 11.2. The number of furan rings is 1. The number of nitrogens with one attached hydrogen (secondary N) is 2. The maximum absolute atomic E-state index is 12.4. The van der Waals surface area contributed by atoms with Crippen LogP contribution < -0.4 is 10.6 Å². The van der Waals surface area contributed by atoms with Gasteiger partial charge in [0.05, 0.1) is 17.7 Å². The molecule has 0 aromatic carbocycles. The van der Waals surface area contributed by atoms with E-state index in [1.165, 1.54) is 22.7 Å². The van der Waals surface area contributed by atoms with Crippen LogP contribution in [0, 0.1) is 0 Å². The van der Waals surface area contributed by atoms with Crippen LogP contribution >= 0.6 is 22.7 Å². The predicted molar refractivity (Wildman–Crippen MR) is 94.6 cm³/mol. The minimum absolute atomic E-state index is 0.197. The predicted octanol–water partition coefficient (Wildman–Crippen LogP) is 3.49. The van der Waals surface area contributed by atoms with E-state index in [0.717, 1.165) is 4.88 Å². The van der Waals surface area contributed by atoms with Gasteiger partial charge in [-0.25, -0.2) is 0 Å². The van der Waals surface area contributed by atoms with Crippen molar-refractivity contribution in [3.05, 3.63) is 74.6 Å². The van der Waals surface area contributed by atoms with E-state index in [0.29, 0.717) is 10.6 Å². The highest BCUT2D eigenvalue weighted by Crippen LogP contribution is 2.14. The van der Waals surface area contributed by atoms with Crippen LogP contribution in [0.5, 0.6) is 0 Å². The van der Waals surface area contributed by atoms with Crippen LogP contribution in [-0.2, 0) is 11.3 Å². The molecule has 0 aliphatic carbocycles. The smallest absolute Gasteiger partial charge is 0.268 e. The lowest BCUT2D eigenvalue weighted by Gasteiger charge is -2.09. The van der Waals surface area contributed by atoms with Crippen LogP contribution in [0.25, 0.3) is 6.08 Å². The van der Waals surface area contributed by atoms with Gasteiger partial charge < -0.3 is 15.1 Å². The van der Waals surface area contributed by atoms with Gasteiger partial charge in [-0.15, -0.1) is 22.7 Å². The first-order valence-electron chi connectivity index (χ1n) is 7.13. The highest BCUT2D eigenvalue weighted by atomic mass is 32.1. The molecule has 3 aromatic heterocycles. The molecule has 0 aliphatic rings. The van der Waals surface area contributed by atoms with Crippen LogP contribution in [0.3, 0.4) is 0 Å². The minimum atomic E-state index is -0.371. The Morgan fingerprint density at radius 3 is 2.58 bits per heavy atom. The molecule has 0 atom stereocenters. The molecule has 0 unspecified atom stereocenters. The molecule has 0 radical (unpaired) electrons. The van der Waals surface area contributed by atoms with E-state index in [2.05, 4.69) is 10.6 Å². The van der Waals surface area contributed by atoms with Crippen molar-refractivity contribution in [1.29, 1.82) is 0 Å². The molecule has 7 heteroatoms. The Morgan fingerprint density at radius 1 is 1.08 bits per heavy atom. The molecule has 0 saturated heterocycles. The van der Waals surface area contributed by atoms with Crippen molar-refractivity contribution in [1.82, 2.24) is 10.6 Å². The summed E-state index contributed by atoms with van der Waals surface area (Å²) in [6.45, 7) is 0.252. The average Bonchev–Trinajstić information content (AvgIpc) is 3.34. The molecule has 3 heterocycles. The van der Waals surface area contributed by atoms with Gasteiger partial charge >= 0.3 is 0 Å². The summed E-state index contributed by atoms with van der Waals surface area (Å²) in [6, 6.07) is 10.8. The monoisotopic (exact) mass is 358 g/mol. The van der Waals surface area contributed by atoms with Gasteiger partial charge in [-0.05, 0) is 41.1 Å². The molecule has 0 saturated carbocycles. The van der Waals surface area contributed by atoms with Crippen molar-refractivity contribution in [3.8, 4) is 0 Å². The fraction of sp³-hybridized carbons (Fsp3) is 0.0588. The number of carbonyl (C=O) groups excluding carboxylic acids is 2. The zero-order valence-corrected chi connectivity index (χ0v) is 14.2. The maximum Gasteiger partial charge on any atom is 0.268 e. The zero-order chi connectivity index (χ0) is 16.8. The van der Waals surface area contributed by atoms with Gasteiger partial charge in [-0.3, -0.25) is 9.59 Å². The molecule has 0 spiro atoms. The standard InChI is InChI=1S/C17H14N2O3S2/c20-16(18-11-12-4-1-7-22-12)14(10-13-5-2-8-23-13)19-17(21)15-6-3-9-24-15/h1-10H,11H2,(H,18,20)(H,19,21)/b14-10-. The third kappa shape index (κ3) is 4.21. The third-order valence-corrected chi connectivity index (χ3v) is 4.76. The number of amides is 2. The van der Waals surface area contributed by atoms with Gasteiger partial charge in [0, 0.05) is 4.88 Å². The van der Waals surface area contributed by atoms with Crippen LogP contribution in [-0.4, -0.2) is 11.8 Å². The third-order valence-electron chi connectivity index (χ3n) is 3.07. The van der Waals surface area contributed by atoms with Gasteiger partial charge in [0.2, 0.25) is 0 Å². The van der Waals surface area contributed by atoms with Crippen molar-refractivity contribution >= 4 is 40.6 Å². The topological polar surface area (TPSA) is 71.3 Å². The Balaban J connectivity index is 1.74. The molecule has 3 rings (SSSR count). The second-order valence-corrected chi connectivity index (χ2v) is 6.69. The Kier molecular flexibility index (Phi) is 5.25. The van der Waals surface area contributed by atoms with Crippen LogP contribution in [0.2, 0.25) is 0 Å². The number of hydrogen-bond acceptors (Lipinski definition) is 5. The van der Waals surface area contributed by atoms with Crippen LogP contribution in [0.15, 0.2) is 63.5 Å². The van der Waals surface area contributed by atoms with E-state index in [4.69, 9.17) is 4.42 Å². The van der Waals surface area contributed by atoms with E-state index >= 15 is 0 Å². The maximum atomic E-state index is 12.4. The van der Waals surface area contributed by atoms with Crippen LogP contribution in [0.1, 0.15) is 20.3 Å². The van der Waals surface area contributed by atoms with Crippen LogP contribution in [0.4, 0.5) is 0 Å². The van der Waals surface area contributed by atoms with Gasteiger partial charge in [0.15, 0.2) is 0 Å². The molecule has 0 fully saturated rings. The lowest BCUT2D eigenvalue weighted by atomic mass is 10.3. The molecule has 0 aliphatic heterocycles. The van der Waals surface area contributed by atoms with Gasteiger partial charge in [-0.1, -0.05) is 12.1 Å². The largest absolute Gasteiger partial charge is 0.467 e. The summed E-state index contributed by atoms with van der Waals surface area (Å²) in [5.74, 6) is -0.0333. The van der Waals surface area contributed by atoms with Gasteiger partial charge in [0.1, 0.15) is 11.5 Å². The minimum Gasteiger partial charge on any atom is -0.467 e. The second kappa shape index (κ2) is 7.76. The molecule has 24 heavy (non-hydrogen) atoms. The van der Waals surface area contributed by atoms with Crippen molar-refractivity contribution in [2.45, 2.75) is 6.54 Å². The number of hydrogen-bond donors (Lipinski definition) is 2. The fourth-order valence-corrected chi connectivity index (χ4v) is 3.22. The first kappa shape index (κ1) is 16.2. The van der Waals surface area contributed by atoms with E-state index in [-0.39, 0.29) is 24.1 Å². The van der Waals surface area contributed by atoms with E-state index in [1.54, 1.807) is 36.6 Å². The first-order valence-corrected chi connectivity index (χ1v) is 8.89. The van der Waals surface area contributed by atoms with E-state index in [1.807, 2.05) is 22.9 Å². The fourth-order valence-electron chi connectivity index (χ4n) is 1.94. The first-order chi connectivity index (χ1) is 11.7. The highest BCUT2D eigenvalue weighted by molar-refractivity contribution is 7.12. The Bertz CT molecular complexity index is 819. The molecule has 2 N–H and O–H groups in total. The van der Waals surface area contributed by atoms with E-state index < -0.39 is 0 Å². The molecular weight excluding hydrogens is 344 g/mol. The number of rotatable bonds is 6. The summed E-state index contributed by atoms with van der Waals surface area (Å²) >= 11 is 2.81. The quantitative estimate of drug-likeness (QED) is 0.663. The van der Waals surface area contributed by atoms with Gasteiger partial charge in [-0.2, -0.15) is 0 Å². The van der Waals surface area contributed by atoms with Crippen molar-refractivity contribution in [3.63, 3.8) is 0 Å². The molecule has 0 bridgehead atoms. The molecule has 5 nitrogen and oxygen atoms in total. The average molecular weight is 358 g/mol. The summed E-state index contributed by atoms with van der Waals surface area (Å²) in [7, 11) is 0. The molecular formula is C17H14N2O3S2. The summed E-state index contributed by atoms with van der Waals surface area (Å²) in [5, 5.41) is 9.15. The second-order valence-electron chi connectivity index (χ2n) is 4.77. The molecule has 2 amide bonds. The number of thiophene rings is 2. The SMILES string of the molecule is O=C(NCc1ccco1)/C(=C/c1cccs1)NC(=O)c1cccs1. The summed E-state index contributed by atoms with van der Waals surface area (Å²) in [6.07, 6.45) is 3.20. The summed E-state index contributed by atoms with van der Waals surface area (Å²) in [5.41, 5.74) is 0.197. The lowest BCUT2D eigenvalue weighted by molar-refractivity contribution is -0.118. The lowest BCUT2D eigenvalue weighted by Crippen LogP contribution is -2.34. The molecule has 3 aromatic rings. The Labute approximate surface area is 146 Å². The van der Waals surface area contributed by atoms with Crippen molar-refractivity contribution in [2.24, 2.45) is 0 Å². The Hall–Kier alpha value is -2.64. The number of carbonyl (C=O) groups is 2. The van der Waals surface area contributed by atoms with Crippen molar-refractivity contribution < 1.29 is 14.0 Å². The summed E-state index contributed by atoms with van der Waals surface area (Å²) < 4.78 is 5.19. The molecule has 122 valence electrons.